The molecule has 1 atom stereocenters. The molecule has 2 fully saturated rings. The molecule has 3 N–H and O–H groups in total. The van der Waals surface area contributed by atoms with Crippen LogP contribution in [-0.4, -0.2) is 81.0 Å². The number of hydrogen-bond donors (Lipinski definition) is 3. The lowest BCUT2D eigenvalue weighted by Crippen LogP contribution is -2.49. The Hall–Kier alpha value is -2.75. The Labute approximate surface area is 209 Å². The van der Waals surface area contributed by atoms with E-state index in [1.54, 1.807) is 11.3 Å². The number of carbonyl (C=O) groups is 1. The second-order valence-electron chi connectivity index (χ2n) is 9.77. The number of nitrogens with one attached hydrogen (secondary N) is 1. The molecule has 2 aliphatic rings. The van der Waals surface area contributed by atoms with Gasteiger partial charge in [0.1, 0.15) is 5.75 Å². The van der Waals surface area contributed by atoms with Crippen molar-refractivity contribution in [2.24, 2.45) is 0 Å². The largest absolute Gasteiger partial charge is 0.507 e. The van der Waals surface area contributed by atoms with Crippen molar-refractivity contribution in [3.05, 3.63) is 34.7 Å². The highest BCUT2D eigenvalue weighted by Gasteiger charge is 2.27. The number of benzene rings is 1. The number of amides is 1. The highest BCUT2D eigenvalue weighted by atomic mass is 32.1. The molecule has 1 aromatic carbocycles. The molecule has 0 saturated carbocycles. The van der Waals surface area contributed by atoms with E-state index in [4.69, 9.17) is 0 Å². The third-order valence-corrected chi connectivity index (χ3v) is 8.29. The third-order valence-electron chi connectivity index (χ3n) is 7.41. The van der Waals surface area contributed by atoms with Crippen LogP contribution in [0.15, 0.2) is 23.6 Å². The van der Waals surface area contributed by atoms with E-state index >= 15 is 0 Å². The van der Waals surface area contributed by atoms with Crippen LogP contribution in [0.5, 0.6) is 5.75 Å². The first kappa shape index (κ1) is 24.0. The summed E-state index contributed by atoms with van der Waals surface area (Å²) in [7, 11) is 0. The number of anilines is 1. The zero-order chi connectivity index (χ0) is 24.5. The Morgan fingerprint density at radius 2 is 1.91 bits per heavy atom. The molecule has 2 aliphatic heterocycles. The summed E-state index contributed by atoms with van der Waals surface area (Å²) in [5.74, 6) is 1.15. The van der Waals surface area contributed by atoms with Crippen LogP contribution in [0, 0.1) is 13.8 Å². The van der Waals surface area contributed by atoms with Crippen LogP contribution in [0.25, 0.3) is 21.3 Å². The van der Waals surface area contributed by atoms with Crippen LogP contribution in [0.3, 0.4) is 0 Å². The van der Waals surface area contributed by atoms with Gasteiger partial charge in [-0.3, -0.25) is 9.69 Å². The van der Waals surface area contributed by atoms with E-state index in [0.717, 1.165) is 53.0 Å². The fraction of sp³-hybridized carbons (Fsp3) is 0.500. The van der Waals surface area contributed by atoms with Crippen LogP contribution >= 0.6 is 11.3 Å². The molecule has 3 aromatic rings. The molecule has 5 rings (SSSR count). The fourth-order valence-corrected chi connectivity index (χ4v) is 5.92. The lowest BCUT2D eigenvalue weighted by Gasteiger charge is -2.36. The highest BCUT2D eigenvalue weighted by molar-refractivity contribution is 7.17. The number of aliphatic hydroxyl groups is 1. The van der Waals surface area contributed by atoms with Crippen molar-refractivity contribution in [3.63, 3.8) is 0 Å². The van der Waals surface area contributed by atoms with Gasteiger partial charge in [0.05, 0.1) is 18.3 Å². The molecule has 186 valence electrons. The average molecular weight is 496 g/mol. The second-order valence-corrected chi connectivity index (χ2v) is 10.7. The molecule has 9 heteroatoms. The first-order valence-electron chi connectivity index (χ1n) is 12.4. The zero-order valence-electron chi connectivity index (χ0n) is 20.3. The van der Waals surface area contributed by atoms with Gasteiger partial charge in [0, 0.05) is 41.3 Å². The molecule has 0 spiro atoms. The topological polar surface area (TPSA) is 102 Å². The molecular weight excluding hydrogens is 462 g/mol. The molecule has 35 heavy (non-hydrogen) atoms. The first-order valence-corrected chi connectivity index (χ1v) is 13.3. The van der Waals surface area contributed by atoms with Crippen LogP contribution in [0.1, 0.15) is 36.8 Å². The Bertz CT molecular complexity index is 1220. The summed E-state index contributed by atoms with van der Waals surface area (Å²) in [6, 6.07) is 6.05. The summed E-state index contributed by atoms with van der Waals surface area (Å²) in [6.45, 7) is 7.44. The number of aromatic nitrogens is 2. The summed E-state index contributed by atoms with van der Waals surface area (Å²) in [6.07, 6.45) is 3.09. The van der Waals surface area contributed by atoms with Crippen molar-refractivity contribution >= 4 is 33.1 Å². The fourth-order valence-electron chi connectivity index (χ4n) is 5.13. The van der Waals surface area contributed by atoms with Gasteiger partial charge in [0.2, 0.25) is 5.91 Å². The minimum atomic E-state index is -0.274. The van der Waals surface area contributed by atoms with E-state index in [9.17, 15) is 15.0 Å². The molecule has 0 aliphatic carbocycles. The number of carbonyl (C=O) groups excluding carboxylic acids is 1. The molecule has 8 nitrogen and oxygen atoms in total. The van der Waals surface area contributed by atoms with Crippen LogP contribution in [-0.2, 0) is 4.79 Å². The minimum absolute atomic E-state index is 0.149. The molecule has 1 amide bonds. The Morgan fingerprint density at radius 3 is 2.71 bits per heavy atom. The predicted molar refractivity (Wildman–Crippen MR) is 139 cm³/mol. The molecule has 4 heterocycles. The van der Waals surface area contributed by atoms with Gasteiger partial charge < -0.3 is 20.4 Å². The number of fused-ring (bicyclic) bond motifs is 1. The Morgan fingerprint density at radius 1 is 1.11 bits per heavy atom. The molecule has 0 bridgehead atoms. The molecule has 0 unspecified atom stereocenters. The maximum Gasteiger partial charge on any atom is 0.236 e. The van der Waals surface area contributed by atoms with Gasteiger partial charge >= 0.3 is 0 Å². The standard InChI is InChI=1S/C26H33N5O3S/c1-16-17(2)26(29-28-24(16)21-5-6-22-20(25(21)34)9-13-35-22)27-18-4-3-10-30(14-18)15-23(33)31-11-7-19(32)8-12-31/h5-6,9,13,18-19,32,34H,3-4,7-8,10-12,14-15H2,1-2H3,(H,27,29)/t18-/m1/s1. The molecule has 2 saturated heterocycles. The number of nitrogens with zero attached hydrogens (tertiary/aromatic N) is 4. The van der Waals surface area contributed by atoms with Gasteiger partial charge in [0.25, 0.3) is 0 Å². The van der Waals surface area contributed by atoms with E-state index < -0.39 is 0 Å². The maximum absolute atomic E-state index is 12.7. The number of phenols is 1. The van der Waals surface area contributed by atoms with Crippen LogP contribution in [0.4, 0.5) is 5.82 Å². The van der Waals surface area contributed by atoms with Crippen molar-refractivity contribution in [1.29, 1.82) is 0 Å². The van der Waals surface area contributed by atoms with Gasteiger partial charge in [-0.25, -0.2) is 0 Å². The number of aliphatic hydroxyl groups excluding tert-OH is 1. The van der Waals surface area contributed by atoms with Gasteiger partial charge in [0.15, 0.2) is 5.82 Å². The summed E-state index contributed by atoms with van der Waals surface area (Å²) >= 11 is 1.60. The monoisotopic (exact) mass is 495 g/mol. The number of rotatable bonds is 5. The van der Waals surface area contributed by atoms with Crippen molar-refractivity contribution in [1.82, 2.24) is 20.0 Å². The van der Waals surface area contributed by atoms with Crippen LogP contribution < -0.4 is 5.32 Å². The second kappa shape index (κ2) is 10.1. The first-order chi connectivity index (χ1) is 16.9. The number of piperidine rings is 2. The van der Waals surface area contributed by atoms with Crippen molar-refractivity contribution < 1.29 is 15.0 Å². The Kier molecular flexibility index (Phi) is 6.91. The van der Waals surface area contributed by atoms with Gasteiger partial charge in [-0.15, -0.1) is 21.5 Å². The zero-order valence-corrected chi connectivity index (χ0v) is 21.1. The molecular formula is C26H33N5O3S. The van der Waals surface area contributed by atoms with E-state index in [-0.39, 0.29) is 23.8 Å². The van der Waals surface area contributed by atoms with Crippen molar-refractivity contribution in [2.45, 2.75) is 51.7 Å². The number of phenolic OH excluding ortho intramolecular Hbond substituents is 1. The quantitative estimate of drug-likeness (QED) is 0.498. The number of thiophene rings is 1. The highest BCUT2D eigenvalue weighted by Crippen LogP contribution is 2.39. The average Bonchev–Trinajstić information content (AvgIpc) is 3.34. The summed E-state index contributed by atoms with van der Waals surface area (Å²) in [5.41, 5.74) is 3.40. The van der Waals surface area contributed by atoms with Gasteiger partial charge in [-0.05, 0) is 80.8 Å². The number of hydrogen-bond acceptors (Lipinski definition) is 8. The van der Waals surface area contributed by atoms with Gasteiger partial charge in [-0.1, -0.05) is 0 Å². The summed E-state index contributed by atoms with van der Waals surface area (Å²) in [5, 5.41) is 35.9. The lowest BCUT2D eigenvalue weighted by atomic mass is 10.0. The molecule has 0 radical (unpaired) electrons. The minimum Gasteiger partial charge on any atom is -0.507 e. The summed E-state index contributed by atoms with van der Waals surface area (Å²) in [4.78, 5) is 16.8. The predicted octanol–water partition coefficient (Wildman–Crippen LogP) is 3.54. The summed E-state index contributed by atoms with van der Waals surface area (Å²) < 4.78 is 1.05. The van der Waals surface area contributed by atoms with Crippen LogP contribution in [0.2, 0.25) is 0 Å². The smallest absolute Gasteiger partial charge is 0.236 e. The van der Waals surface area contributed by atoms with E-state index in [1.165, 1.54) is 0 Å². The van der Waals surface area contributed by atoms with E-state index in [0.29, 0.717) is 43.7 Å². The maximum atomic E-state index is 12.7. The lowest BCUT2D eigenvalue weighted by molar-refractivity contribution is -0.134. The number of likely N-dealkylation sites (tertiary alicyclic amines) is 2. The normalized spacial score (nSPS) is 19.9. The van der Waals surface area contributed by atoms with Crippen molar-refractivity contribution in [3.8, 4) is 17.0 Å². The van der Waals surface area contributed by atoms with E-state index in [2.05, 4.69) is 20.4 Å². The number of aromatic hydroxyl groups is 1. The SMILES string of the molecule is Cc1c(N[C@@H]2CCCN(CC(=O)N3CCC(O)CC3)C2)nnc(-c2ccc3sccc3c2O)c1C. The van der Waals surface area contributed by atoms with E-state index in [1.807, 2.05) is 42.3 Å². The van der Waals surface area contributed by atoms with Crippen molar-refractivity contribution in [2.75, 3.05) is 38.0 Å². The third kappa shape index (κ3) is 4.98. The van der Waals surface area contributed by atoms with Gasteiger partial charge in [-0.2, -0.15) is 0 Å². The molecule has 2 aromatic heterocycles. The Balaban J connectivity index is 1.26.